The van der Waals surface area contributed by atoms with Crippen LogP contribution in [-0.4, -0.2) is 6.61 Å². The minimum Gasteiger partial charge on any atom is -0.486 e. The van der Waals surface area contributed by atoms with Gasteiger partial charge >= 0.3 is 0 Å². The van der Waals surface area contributed by atoms with Crippen molar-refractivity contribution in [3.63, 3.8) is 0 Å². The van der Waals surface area contributed by atoms with E-state index in [2.05, 4.69) is 13.7 Å². The van der Waals surface area contributed by atoms with Crippen molar-refractivity contribution in [1.82, 2.24) is 0 Å². The molecule has 0 N–H and O–H groups in total. The average molecular weight is 163 g/mol. The molecule has 2 nitrogen and oxygen atoms in total. The van der Waals surface area contributed by atoms with Gasteiger partial charge < -0.3 is 9.47 Å². The first-order chi connectivity index (χ1) is 5.88. The number of hydrogen-bond donors (Lipinski definition) is 0. The molecular weight excluding hydrogens is 152 g/mol. The lowest BCUT2D eigenvalue weighted by atomic mass is 10.3. The molecule has 0 saturated heterocycles. The highest BCUT2D eigenvalue weighted by Crippen LogP contribution is 2.25. The van der Waals surface area contributed by atoms with Gasteiger partial charge in [-0.2, -0.15) is 0 Å². The van der Waals surface area contributed by atoms with Crippen LogP contribution in [-0.2, 0) is 0 Å². The lowest BCUT2D eigenvalue weighted by molar-refractivity contribution is 0.338. The normalized spacial score (nSPS) is 9.08. The summed E-state index contributed by atoms with van der Waals surface area (Å²) in [6.07, 6.45) is 1.68. The third kappa shape index (κ3) is 2.02. The zero-order chi connectivity index (χ0) is 8.81. The van der Waals surface area contributed by atoms with Crippen molar-refractivity contribution < 1.29 is 9.47 Å². The minimum atomic E-state index is 0.473. The summed E-state index contributed by atoms with van der Waals surface area (Å²) in [7, 11) is 3.32. The van der Waals surface area contributed by atoms with E-state index in [9.17, 15) is 0 Å². The van der Waals surface area contributed by atoms with E-state index in [1.807, 2.05) is 18.2 Å². The zero-order valence-corrected chi connectivity index (χ0v) is 6.82. The summed E-state index contributed by atoms with van der Waals surface area (Å²) < 4.78 is 10.1. The van der Waals surface area contributed by atoms with Crippen molar-refractivity contribution in [2.24, 2.45) is 0 Å². The SMILES string of the molecule is [CH2]Oc1ccccc1OCC=C. The molecular formula is C10H11O2. The first-order valence-electron chi connectivity index (χ1n) is 3.63. The van der Waals surface area contributed by atoms with E-state index in [-0.39, 0.29) is 0 Å². The molecule has 0 aliphatic rings. The van der Waals surface area contributed by atoms with Crippen LogP contribution >= 0.6 is 0 Å². The van der Waals surface area contributed by atoms with E-state index in [1.54, 1.807) is 12.1 Å². The third-order valence-electron chi connectivity index (χ3n) is 1.36. The van der Waals surface area contributed by atoms with Gasteiger partial charge in [0.05, 0.1) is 0 Å². The van der Waals surface area contributed by atoms with Crippen molar-refractivity contribution in [2.75, 3.05) is 6.61 Å². The minimum absolute atomic E-state index is 0.473. The van der Waals surface area contributed by atoms with Gasteiger partial charge in [-0.3, -0.25) is 0 Å². The van der Waals surface area contributed by atoms with E-state index >= 15 is 0 Å². The highest BCUT2D eigenvalue weighted by atomic mass is 16.5. The van der Waals surface area contributed by atoms with Crippen LogP contribution in [0.5, 0.6) is 11.5 Å². The average Bonchev–Trinajstić information content (AvgIpc) is 2.15. The molecule has 0 bridgehead atoms. The van der Waals surface area contributed by atoms with Gasteiger partial charge in [0.2, 0.25) is 0 Å². The molecule has 0 amide bonds. The standard InChI is InChI=1S/C10H11O2/c1-3-8-12-10-7-5-4-6-9(10)11-2/h3-7H,1-2,8H2. The Kier molecular flexibility index (Phi) is 3.20. The van der Waals surface area contributed by atoms with Crippen LogP contribution in [0.25, 0.3) is 0 Å². The molecule has 0 unspecified atom stereocenters. The maximum Gasteiger partial charge on any atom is 0.161 e. The molecule has 0 aliphatic heterocycles. The van der Waals surface area contributed by atoms with E-state index in [0.717, 1.165) is 0 Å². The van der Waals surface area contributed by atoms with Crippen LogP contribution < -0.4 is 9.47 Å². The predicted molar refractivity (Wildman–Crippen MR) is 48.1 cm³/mol. The maximum absolute atomic E-state index is 5.29. The Bertz CT molecular complexity index is 256. The Labute approximate surface area is 72.4 Å². The van der Waals surface area contributed by atoms with Crippen molar-refractivity contribution >= 4 is 0 Å². The van der Waals surface area contributed by atoms with Crippen molar-refractivity contribution in [2.45, 2.75) is 0 Å². The summed E-state index contributed by atoms with van der Waals surface area (Å²) in [5.74, 6) is 1.33. The Balaban J connectivity index is 2.74. The maximum atomic E-state index is 5.29. The molecule has 2 heteroatoms. The van der Waals surface area contributed by atoms with Gasteiger partial charge in [0, 0.05) is 0 Å². The molecule has 63 valence electrons. The second kappa shape index (κ2) is 4.44. The zero-order valence-electron chi connectivity index (χ0n) is 6.82. The van der Waals surface area contributed by atoms with Gasteiger partial charge in [-0.1, -0.05) is 24.8 Å². The van der Waals surface area contributed by atoms with Gasteiger partial charge in [0.1, 0.15) is 13.7 Å². The number of ether oxygens (including phenoxy) is 2. The molecule has 0 heterocycles. The van der Waals surface area contributed by atoms with Crippen LogP contribution in [0.15, 0.2) is 36.9 Å². The summed E-state index contributed by atoms with van der Waals surface area (Å²) in [6.45, 7) is 4.02. The van der Waals surface area contributed by atoms with Crippen LogP contribution in [0, 0.1) is 7.11 Å². The smallest absolute Gasteiger partial charge is 0.161 e. The summed E-state index contributed by atoms with van der Waals surface area (Å²) in [4.78, 5) is 0. The van der Waals surface area contributed by atoms with Gasteiger partial charge in [-0.15, -0.1) is 0 Å². The van der Waals surface area contributed by atoms with Crippen LogP contribution in [0.2, 0.25) is 0 Å². The molecule has 1 aromatic carbocycles. The molecule has 0 saturated carbocycles. The summed E-state index contributed by atoms with van der Waals surface area (Å²) in [5.41, 5.74) is 0. The van der Waals surface area contributed by atoms with Gasteiger partial charge in [0.15, 0.2) is 11.5 Å². The Morgan fingerprint density at radius 2 is 1.92 bits per heavy atom. The van der Waals surface area contributed by atoms with Crippen LogP contribution in [0.3, 0.4) is 0 Å². The fourth-order valence-corrected chi connectivity index (χ4v) is 0.837. The topological polar surface area (TPSA) is 18.5 Å². The van der Waals surface area contributed by atoms with Crippen molar-refractivity contribution in [3.05, 3.63) is 44.0 Å². The summed E-state index contributed by atoms with van der Waals surface area (Å²) in [6, 6.07) is 7.36. The van der Waals surface area contributed by atoms with E-state index in [4.69, 9.17) is 9.47 Å². The molecule has 0 atom stereocenters. The number of rotatable bonds is 4. The fourth-order valence-electron chi connectivity index (χ4n) is 0.837. The third-order valence-corrected chi connectivity index (χ3v) is 1.36. The highest BCUT2D eigenvalue weighted by molar-refractivity contribution is 5.39. The molecule has 12 heavy (non-hydrogen) atoms. The highest BCUT2D eigenvalue weighted by Gasteiger charge is 1.99. The van der Waals surface area contributed by atoms with Gasteiger partial charge in [-0.05, 0) is 12.1 Å². The van der Waals surface area contributed by atoms with E-state index in [1.165, 1.54) is 0 Å². The Morgan fingerprint density at radius 1 is 1.25 bits per heavy atom. The second-order valence-corrected chi connectivity index (χ2v) is 2.19. The van der Waals surface area contributed by atoms with E-state index < -0.39 is 0 Å². The lowest BCUT2D eigenvalue weighted by Gasteiger charge is -2.07. The summed E-state index contributed by atoms with van der Waals surface area (Å²) >= 11 is 0. The Morgan fingerprint density at radius 3 is 2.50 bits per heavy atom. The van der Waals surface area contributed by atoms with E-state index in [0.29, 0.717) is 18.1 Å². The molecule has 1 rings (SSSR count). The van der Waals surface area contributed by atoms with Gasteiger partial charge in [-0.25, -0.2) is 0 Å². The largest absolute Gasteiger partial charge is 0.486 e. The van der Waals surface area contributed by atoms with Gasteiger partial charge in [0.25, 0.3) is 0 Å². The van der Waals surface area contributed by atoms with Crippen molar-refractivity contribution in [3.8, 4) is 11.5 Å². The Hall–Kier alpha value is -1.44. The van der Waals surface area contributed by atoms with Crippen LogP contribution in [0.1, 0.15) is 0 Å². The number of para-hydroxylation sites is 2. The molecule has 0 aliphatic carbocycles. The molecule has 0 aromatic heterocycles. The molecule has 1 radical (unpaired) electrons. The molecule has 0 fully saturated rings. The number of benzene rings is 1. The lowest BCUT2D eigenvalue weighted by Crippen LogP contribution is -1.94. The monoisotopic (exact) mass is 163 g/mol. The second-order valence-electron chi connectivity index (χ2n) is 2.19. The molecule has 1 aromatic rings. The first-order valence-corrected chi connectivity index (χ1v) is 3.63. The van der Waals surface area contributed by atoms with Crippen LogP contribution in [0.4, 0.5) is 0 Å². The predicted octanol–water partition coefficient (Wildman–Crippen LogP) is 2.42. The summed E-state index contributed by atoms with van der Waals surface area (Å²) in [5, 5.41) is 0. The van der Waals surface area contributed by atoms with Crippen molar-refractivity contribution in [1.29, 1.82) is 0 Å². The number of hydrogen-bond acceptors (Lipinski definition) is 2. The molecule has 0 spiro atoms. The fraction of sp³-hybridized carbons (Fsp3) is 0.100. The first kappa shape index (κ1) is 8.65. The quantitative estimate of drug-likeness (QED) is 0.634.